The van der Waals surface area contributed by atoms with Gasteiger partial charge in [0.2, 0.25) is 0 Å². The molecular weight excluding hydrogens is 1090 g/mol. The number of aliphatic imine (C=N–C) groups is 1. The van der Waals surface area contributed by atoms with Crippen LogP contribution in [0.25, 0.3) is 39.3 Å². The van der Waals surface area contributed by atoms with Crippen LogP contribution in [0.1, 0.15) is 225 Å². The molecule has 8 aromatic carbocycles. The Morgan fingerprint density at radius 1 is 0.411 bits per heavy atom. The van der Waals surface area contributed by atoms with Gasteiger partial charge in [-0.25, -0.2) is 4.98 Å². The summed E-state index contributed by atoms with van der Waals surface area (Å²) in [5.41, 5.74) is 26.2. The predicted octanol–water partition coefficient (Wildman–Crippen LogP) is 22.2. The summed E-state index contributed by atoms with van der Waals surface area (Å²) in [6.45, 7) is 29.7. The van der Waals surface area contributed by atoms with Crippen molar-refractivity contribution >= 4 is 17.2 Å². The molecule has 1 N–H and O–H groups in total. The zero-order valence-corrected chi connectivity index (χ0v) is 56.0. The first kappa shape index (κ1) is 63.4. The first-order valence-corrected chi connectivity index (χ1v) is 34.1. The van der Waals surface area contributed by atoms with Gasteiger partial charge in [0.05, 0.1) is 17.9 Å². The fourth-order valence-corrected chi connectivity index (χ4v) is 13.8. The lowest BCUT2D eigenvalue weighted by Crippen LogP contribution is -2.30. The third-order valence-corrected chi connectivity index (χ3v) is 18.7. The summed E-state index contributed by atoms with van der Waals surface area (Å²) in [6, 6.07) is 68.1. The molecule has 0 saturated heterocycles. The Kier molecular flexibility index (Phi) is 20.2. The van der Waals surface area contributed by atoms with E-state index in [0.29, 0.717) is 35.5 Å². The summed E-state index contributed by atoms with van der Waals surface area (Å²) < 4.78 is 2.46. The van der Waals surface area contributed by atoms with Crippen LogP contribution >= 0.6 is 0 Å². The summed E-state index contributed by atoms with van der Waals surface area (Å²) >= 11 is 0. The van der Waals surface area contributed by atoms with Crippen LogP contribution in [0.15, 0.2) is 205 Å². The van der Waals surface area contributed by atoms with Gasteiger partial charge in [0.1, 0.15) is 17.8 Å². The number of allylic oxidation sites excluding steroid dienone is 1. The Hall–Kier alpha value is -8.22. The third kappa shape index (κ3) is 14.2. The summed E-state index contributed by atoms with van der Waals surface area (Å²) in [5, 5.41) is 4.03. The highest BCUT2D eigenvalue weighted by Gasteiger charge is 2.32. The minimum atomic E-state index is 0.0203. The third-order valence-electron chi connectivity index (χ3n) is 18.7. The number of unbranched alkanes of at least 4 members (excludes halogenated alkanes) is 3. The van der Waals surface area contributed by atoms with Gasteiger partial charge in [-0.3, -0.25) is 9.56 Å². The van der Waals surface area contributed by atoms with E-state index in [1.165, 1.54) is 101 Å². The number of benzene rings is 8. The largest absolute Gasteiger partial charge is 0.363 e. The highest BCUT2D eigenvalue weighted by atomic mass is 15.3. The van der Waals surface area contributed by atoms with Gasteiger partial charge in [-0.05, 0) is 183 Å². The van der Waals surface area contributed by atoms with E-state index in [1.807, 2.05) is 0 Å². The zero-order valence-electron chi connectivity index (χ0n) is 56.0. The number of imidazole rings is 1. The lowest BCUT2D eigenvalue weighted by molar-refractivity contribution is 0.612. The fraction of sp³-hybridized carbons (Fsp3) is 0.357. The van der Waals surface area contributed by atoms with Crippen LogP contribution in [0.5, 0.6) is 0 Å². The molecule has 1 unspecified atom stereocenters. The van der Waals surface area contributed by atoms with Crippen LogP contribution in [0.3, 0.4) is 0 Å². The van der Waals surface area contributed by atoms with E-state index in [-0.39, 0.29) is 6.17 Å². The van der Waals surface area contributed by atoms with E-state index < -0.39 is 0 Å². The lowest BCUT2D eigenvalue weighted by atomic mass is 9.87. The number of aromatic nitrogens is 2. The number of rotatable bonds is 25. The number of nitrogens with one attached hydrogen (secondary N) is 1. The molecule has 0 fully saturated rings. The quantitative estimate of drug-likeness (QED) is 0.0580. The Balaban J connectivity index is 0.796. The minimum Gasteiger partial charge on any atom is -0.363 e. The van der Waals surface area contributed by atoms with Crippen LogP contribution in [-0.2, 0) is 19.3 Å². The predicted molar refractivity (Wildman–Crippen MR) is 384 cm³/mol. The SMILES string of the molecule is CC(C)c1cccc(C(C)C)c1N1CCN=C1c1ccc(CCCCCc2cn(-c3c(C(C)C)cc(-c4ccccc4)cc3C(C)C)c(-c3ccc(CCCCC4=CN(c5c(C(C)C)cc(-c6ccccc6)cc5C(C)C)C(c5ccccc5)N4)cc3)n2)cc1. The van der Waals surface area contributed by atoms with Crippen LogP contribution in [0.2, 0.25) is 0 Å². The molecule has 0 amide bonds. The highest BCUT2D eigenvalue weighted by molar-refractivity contribution is 6.12. The van der Waals surface area contributed by atoms with Crippen molar-refractivity contribution in [2.45, 2.75) is 183 Å². The molecule has 0 radical (unpaired) electrons. The Bertz CT molecular complexity index is 3810. The number of hydrogen-bond acceptors (Lipinski definition) is 5. The number of para-hydroxylation sites is 1. The highest BCUT2D eigenvalue weighted by Crippen LogP contribution is 2.45. The van der Waals surface area contributed by atoms with Crippen molar-refractivity contribution in [2.75, 3.05) is 22.9 Å². The average molecular weight is 1190 g/mol. The fourth-order valence-electron chi connectivity index (χ4n) is 13.8. The Morgan fingerprint density at radius 3 is 1.38 bits per heavy atom. The first-order valence-electron chi connectivity index (χ1n) is 34.1. The van der Waals surface area contributed by atoms with Crippen LogP contribution < -0.4 is 15.1 Å². The van der Waals surface area contributed by atoms with Crippen molar-refractivity contribution in [3.8, 4) is 39.3 Å². The maximum atomic E-state index is 5.58. The monoisotopic (exact) mass is 1190 g/mol. The molecule has 1 atom stereocenters. The molecule has 6 nitrogen and oxygen atoms in total. The van der Waals surface area contributed by atoms with E-state index in [9.17, 15) is 0 Å². The Morgan fingerprint density at radius 2 is 0.867 bits per heavy atom. The number of aryl methyl sites for hydroxylation is 3. The van der Waals surface area contributed by atoms with Crippen molar-refractivity contribution in [1.29, 1.82) is 0 Å². The number of nitrogens with zero attached hydrogens (tertiary/aromatic N) is 5. The van der Waals surface area contributed by atoms with Crippen molar-refractivity contribution in [3.63, 3.8) is 0 Å². The summed E-state index contributed by atoms with van der Waals surface area (Å²) in [5.74, 6) is 4.34. The normalized spacial score (nSPS) is 14.3. The van der Waals surface area contributed by atoms with Crippen LogP contribution in [0.4, 0.5) is 11.4 Å². The Labute approximate surface area is 540 Å². The molecule has 0 spiro atoms. The van der Waals surface area contributed by atoms with Crippen molar-refractivity contribution in [3.05, 3.63) is 261 Å². The zero-order chi connectivity index (χ0) is 63.0. The molecular formula is C84H98N6. The average Bonchev–Trinajstić information content (AvgIpc) is 1.46. The molecule has 2 aliphatic heterocycles. The maximum Gasteiger partial charge on any atom is 0.144 e. The summed E-state index contributed by atoms with van der Waals surface area (Å²) in [4.78, 5) is 15.7. The van der Waals surface area contributed by atoms with Gasteiger partial charge < -0.3 is 15.1 Å². The number of hydrogen-bond donors (Lipinski definition) is 1. The number of amidine groups is 1. The molecule has 2 aliphatic rings. The van der Waals surface area contributed by atoms with E-state index in [0.717, 1.165) is 93.8 Å². The standard InChI is InChI=1S/C84H98N6/c1-56(2)73-38-27-39-74(57(3)4)79(73)88-49-48-85-82(88)67-44-40-62(41-45-67)28-17-13-24-36-71-54-90(81-77(60(9)10)52-70(53-78(81)61(11)12)65-32-20-15-21-33-65)84(87-71)68-46-42-63(43-47-68)29-25-26-37-72-55-89(83(86-72)66-34-22-16-23-35-66)80-75(58(5)6)50-69(51-76(80)59(7)8)64-30-18-14-19-31-64/h14-16,18-23,27,30-35,38-47,50-61,83,86H,13,17,24-26,28-29,36-37,48-49H2,1-12H3. The van der Waals surface area contributed by atoms with Gasteiger partial charge in [-0.15, -0.1) is 0 Å². The van der Waals surface area contributed by atoms with Crippen molar-refractivity contribution < 1.29 is 0 Å². The van der Waals surface area contributed by atoms with Gasteiger partial charge in [-0.2, -0.15) is 0 Å². The maximum absolute atomic E-state index is 5.58. The molecule has 6 heteroatoms. The molecule has 90 heavy (non-hydrogen) atoms. The molecule has 3 heterocycles. The number of anilines is 2. The van der Waals surface area contributed by atoms with Gasteiger partial charge in [0.25, 0.3) is 0 Å². The van der Waals surface area contributed by atoms with Gasteiger partial charge in [-0.1, -0.05) is 247 Å². The van der Waals surface area contributed by atoms with Crippen LogP contribution in [0, 0.1) is 0 Å². The van der Waals surface area contributed by atoms with E-state index in [1.54, 1.807) is 0 Å². The molecule has 464 valence electrons. The summed E-state index contributed by atoms with van der Waals surface area (Å²) in [6.07, 6.45) is 14.4. The molecule has 1 aromatic heterocycles. The second kappa shape index (κ2) is 28.7. The molecule has 11 rings (SSSR count). The van der Waals surface area contributed by atoms with E-state index in [4.69, 9.17) is 9.98 Å². The molecule has 9 aromatic rings. The second-order valence-corrected chi connectivity index (χ2v) is 27.4. The minimum absolute atomic E-state index is 0.0203. The molecule has 0 bridgehead atoms. The van der Waals surface area contributed by atoms with Gasteiger partial charge >= 0.3 is 0 Å². The lowest BCUT2D eigenvalue weighted by Gasteiger charge is -2.33. The van der Waals surface area contributed by atoms with Crippen LogP contribution in [-0.4, -0.2) is 28.5 Å². The van der Waals surface area contributed by atoms with Crippen molar-refractivity contribution in [1.82, 2.24) is 14.9 Å². The summed E-state index contributed by atoms with van der Waals surface area (Å²) in [7, 11) is 0. The molecule has 0 saturated carbocycles. The van der Waals surface area contributed by atoms with Gasteiger partial charge in [0, 0.05) is 47.1 Å². The van der Waals surface area contributed by atoms with Crippen molar-refractivity contribution in [2.24, 2.45) is 4.99 Å². The first-order chi connectivity index (χ1) is 43.6. The van der Waals surface area contributed by atoms with E-state index >= 15 is 0 Å². The smallest absolute Gasteiger partial charge is 0.144 e. The van der Waals surface area contributed by atoms with E-state index in [2.05, 4.69) is 297 Å². The second-order valence-electron chi connectivity index (χ2n) is 27.4. The topological polar surface area (TPSA) is 48.7 Å². The van der Waals surface area contributed by atoms with Gasteiger partial charge in [0.15, 0.2) is 0 Å². The molecule has 0 aliphatic carbocycles.